The zero-order valence-corrected chi connectivity index (χ0v) is 11.4. The van der Waals surface area contributed by atoms with Crippen LogP contribution in [0.15, 0.2) is 34.9 Å². The van der Waals surface area contributed by atoms with E-state index in [1.54, 1.807) is 24.3 Å². The number of nitrogens with two attached hydrogens (primary N) is 1. The van der Waals surface area contributed by atoms with Crippen LogP contribution in [-0.2, 0) is 0 Å². The predicted molar refractivity (Wildman–Crippen MR) is 73.5 cm³/mol. The van der Waals surface area contributed by atoms with Crippen molar-refractivity contribution in [1.29, 1.82) is 0 Å². The fourth-order valence-corrected chi connectivity index (χ4v) is 1.67. The number of nitrogen functional groups attached to an aromatic ring is 1. The van der Waals surface area contributed by atoms with Crippen LogP contribution in [0.4, 0.5) is 11.5 Å². The van der Waals surface area contributed by atoms with E-state index in [0.717, 1.165) is 4.47 Å². The monoisotopic (exact) mass is 326 g/mol. The van der Waals surface area contributed by atoms with Crippen LogP contribution in [0.2, 0.25) is 5.28 Å². The van der Waals surface area contributed by atoms with E-state index >= 15 is 0 Å². The molecule has 0 spiro atoms. The number of rotatable bonds is 2. The number of anilines is 2. The Morgan fingerprint density at radius 1 is 1.39 bits per heavy atom. The number of halogens is 2. The molecule has 0 saturated heterocycles. The lowest BCUT2D eigenvalue weighted by Gasteiger charge is -2.05. The van der Waals surface area contributed by atoms with E-state index in [1.807, 2.05) is 0 Å². The number of aromatic nitrogens is 2. The molecule has 0 radical (unpaired) electrons. The van der Waals surface area contributed by atoms with Crippen LogP contribution < -0.4 is 11.1 Å². The number of nitrogens with one attached hydrogen (secondary N) is 1. The minimum Gasteiger partial charge on any atom is -0.398 e. The topological polar surface area (TPSA) is 80.9 Å². The minimum absolute atomic E-state index is 0.0723. The van der Waals surface area contributed by atoms with Gasteiger partial charge in [-0.1, -0.05) is 0 Å². The van der Waals surface area contributed by atoms with Crippen molar-refractivity contribution in [2.24, 2.45) is 0 Å². The summed E-state index contributed by atoms with van der Waals surface area (Å²) in [6.45, 7) is 0. The summed E-state index contributed by atoms with van der Waals surface area (Å²) >= 11 is 8.88. The highest BCUT2D eigenvalue weighted by Crippen LogP contribution is 2.20. The maximum Gasteiger partial charge on any atom is 0.256 e. The maximum atomic E-state index is 11.9. The molecule has 1 aromatic carbocycles. The smallest absolute Gasteiger partial charge is 0.256 e. The Morgan fingerprint density at radius 3 is 2.83 bits per heavy atom. The Balaban J connectivity index is 2.19. The molecule has 1 aromatic heterocycles. The first kappa shape index (κ1) is 12.8. The van der Waals surface area contributed by atoms with E-state index in [4.69, 9.17) is 17.3 Å². The van der Waals surface area contributed by atoms with Crippen molar-refractivity contribution < 1.29 is 4.79 Å². The molecule has 0 aliphatic heterocycles. The van der Waals surface area contributed by atoms with Crippen molar-refractivity contribution in [2.75, 3.05) is 11.1 Å². The number of carbonyl (C=O) groups is 1. The third-order valence-electron chi connectivity index (χ3n) is 2.13. The van der Waals surface area contributed by atoms with Crippen molar-refractivity contribution in [3.05, 3.63) is 45.8 Å². The molecular formula is C11H8BrClN4O. The first-order valence-corrected chi connectivity index (χ1v) is 6.08. The maximum absolute atomic E-state index is 11.9. The van der Waals surface area contributed by atoms with Crippen molar-refractivity contribution in [2.45, 2.75) is 0 Å². The van der Waals surface area contributed by atoms with Gasteiger partial charge in [0, 0.05) is 21.9 Å². The molecule has 2 aromatic rings. The molecular weight excluding hydrogens is 320 g/mol. The third kappa shape index (κ3) is 2.96. The van der Waals surface area contributed by atoms with E-state index < -0.39 is 0 Å². The van der Waals surface area contributed by atoms with E-state index in [0.29, 0.717) is 17.1 Å². The summed E-state index contributed by atoms with van der Waals surface area (Å²) in [5.41, 5.74) is 6.63. The Labute approximate surface area is 117 Å². The van der Waals surface area contributed by atoms with Gasteiger partial charge in [-0.05, 0) is 51.8 Å². The molecule has 0 aliphatic rings. The van der Waals surface area contributed by atoms with Gasteiger partial charge >= 0.3 is 0 Å². The molecule has 18 heavy (non-hydrogen) atoms. The highest BCUT2D eigenvalue weighted by atomic mass is 79.9. The fourth-order valence-electron chi connectivity index (χ4n) is 1.28. The first-order chi connectivity index (χ1) is 8.56. The molecule has 92 valence electrons. The number of nitrogens with zero attached hydrogens (tertiary/aromatic N) is 2. The van der Waals surface area contributed by atoms with Gasteiger partial charge in [0.2, 0.25) is 5.28 Å². The Kier molecular flexibility index (Phi) is 3.78. The van der Waals surface area contributed by atoms with Crippen molar-refractivity contribution in [3.63, 3.8) is 0 Å². The molecule has 3 N–H and O–H groups in total. The van der Waals surface area contributed by atoms with E-state index in [1.165, 1.54) is 6.20 Å². The summed E-state index contributed by atoms with van der Waals surface area (Å²) in [7, 11) is 0. The summed E-state index contributed by atoms with van der Waals surface area (Å²) < 4.78 is 0.740. The lowest BCUT2D eigenvalue weighted by atomic mass is 10.2. The highest BCUT2D eigenvalue weighted by Gasteiger charge is 2.08. The van der Waals surface area contributed by atoms with Crippen molar-refractivity contribution >= 4 is 44.9 Å². The quantitative estimate of drug-likeness (QED) is 0.656. The molecule has 2 rings (SSSR count). The second kappa shape index (κ2) is 5.32. The molecule has 0 aliphatic carbocycles. The van der Waals surface area contributed by atoms with Gasteiger partial charge in [-0.15, -0.1) is 0 Å². The lowest BCUT2D eigenvalue weighted by Crippen LogP contribution is -2.13. The third-order valence-corrected chi connectivity index (χ3v) is 3.03. The van der Waals surface area contributed by atoms with Crippen molar-refractivity contribution in [1.82, 2.24) is 9.97 Å². The molecule has 0 unspecified atom stereocenters. The van der Waals surface area contributed by atoms with Crippen LogP contribution in [0.1, 0.15) is 10.4 Å². The van der Waals surface area contributed by atoms with Crippen LogP contribution in [0, 0.1) is 0 Å². The van der Waals surface area contributed by atoms with Gasteiger partial charge in [-0.3, -0.25) is 4.79 Å². The van der Waals surface area contributed by atoms with Gasteiger partial charge < -0.3 is 11.1 Å². The van der Waals surface area contributed by atoms with Gasteiger partial charge in [0.15, 0.2) is 0 Å². The molecule has 0 atom stereocenters. The van der Waals surface area contributed by atoms with Crippen LogP contribution in [0.5, 0.6) is 0 Å². The standard InChI is InChI=1S/C11H8BrClN4O/c12-7-2-1-6(5-8(7)14)10(18)16-9-3-4-15-11(13)17-9/h1-5H,14H2,(H,15,16,17,18). The Morgan fingerprint density at radius 2 is 2.17 bits per heavy atom. The van der Waals surface area contributed by atoms with Gasteiger partial charge in [0.25, 0.3) is 5.91 Å². The molecule has 7 heteroatoms. The normalized spacial score (nSPS) is 10.1. The molecule has 0 saturated carbocycles. The molecule has 1 heterocycles. The average Bonchev–Trinajstić information content (AvgIpc) is 2.32. The summed E-state index contributed by atoms with van der Waals surface area (Å²) in [6.07, 6.45) is 1.46. The van der Waals surface area contributed by atoms with E-state index in [2.05, 4.69) is 31.2 Å². The van der Waals surface area contributed by atoms with Gasteiger partial charge in [-0.25, -0.2) is 9.97 Å². The second-order valence-corrected chi connectivity index (χ2v) is 4.59. The molecule has 0 fully saturated rings. The fraction of sp³-hybridized carbons (Fsp3) is 0. The summed E-state index contributed by atoms with van der Waals surface area (Å²) in [5, 5.41) is 2.67. The highest BCUT2D eigenvalue weighted by molar-refractivity contribution is 9.10. The van der Waals surface area contributed by atoms with Crippen LogP contribution in [0.3, 0.4) is 0 Å². The Bertz CT molecular complexity index is 605. The largest absolute Gasteiger partial charge is 0.398 e. The SMILES string of the molecule is Nc1cc(C(=O)Nc2ccnc(Cl)n2)ccc1Br. The van der Waals surface area contributed by atoms with Gasteiger partial charge in [-0.2, -0.15) is 0 Å². The van der Waals surface area contributed by atoms with Crippen LogP contribution in [0.25, 0.3) is 0 Å². The number of hydrogen-bond acceptors (Lipinski definition) is 4. The summed E-state index contributed by atoms with van der Waals surface area (Å²) in [4.78, 5) is 19.5. The van der Waals surface area contributed by atoms with Crippen LogP contribution in [-0.4, -0.2) is 15.9 Å². The molecule has 0 bridgehead atoms. The number of hydrogen-bond donors (Lipinski definition) is 2. The summed E-state index contributed by atoms with van der Waals surface area (Å²) in [6, 6.07) is 6.48. The number of carbonyl (C=O) groups excluding carboxylic acids is 1. The van der Waals surface area contributed by atoms with Crippen molar-refractivity contribution in [3.8, 4) is 0 Å². The van der Waals surface area contributed by atoms with Gasteiger partial charge in [0.1, 0.15) is 5.82 Å². The number of amides is 1. The molecule has 1 amide bonds. The second-order valence-electron chi connectivity index (χ2n) is 3.40. The minimum atomic E-state index is -0.316. The average molecular weight is 328 g/mol. The molecule has 5 nitrogen and oxygen atoms in total. The van der Waals surface area contributed by atoms with E-state index in [-0.39, 0.29) is 11.2 Å². The predicted octanol–water partition coefficient (Wildman–Crippen LogP) is 2.73. The zero-order valence-electron chi connectivity index (χ0n) is 9.02. The Hall–Kier alpha value is -1.66. The summed E-state index contributed by atoms with van der Waals surface area (Å²) in [5.74, 6) is 0.0189. The lowest BCUT2D eigenvalue weighted by molar-refractivity contribution is 0.102. The van der Waals surface area contributed by atoms with Crippen LogP contribution >= 0.6 is 27.5 Å². The first-order valence-electron chi connectivity index (χ1n) is 4.91. The zero-order chi connectivity index (χ0) is 13.1. The van der Waals surface area contributed by atoms with E-state index in [9.17, 15) is 4.79 Å². The number of benzene rings is 1. The van der Waals surface area contributed by atoms with Gasteiger partial charge in [0.05, 0.1) is 0 Å².